The molecule has 0 saturated carbocycles. The number of halogens is 3. The molecule has 0 aliphatic carbocycles. The molecule has 0 atom stereocenters. The summed E-state index contributed by atoms with van der Waals surface area (Å²) in [4.78, 5) is 0.636. The van der Waals surface area contributed by atoms with E-state index in [9.17, 15) is 10.5 Å². The van der Waals surface area contributed by atoms with Gasteiger partial charge in [0.2, 0.25) is 0 Å². The predicted molar refractivity (Wildman–Crippen MR) is 110 cm³/mol. The number of hydrogen-bond donors (Lipinski definition) is 2. The van der Waals surface area contributed by atoms with E-state index in [0.29, 0.717) is 43.1 Å². The monoisotopic (exact) mass is 465 g/mol. The van der Waals surface area contributed by atoms with Gasteiger partial charge in [-0.05, 0) is 47.8 Å². The average Bonchev–Trinajstić information content (AvgIpc) is 3.05. The van der Waals surface area contributed by atoms with E-state index in [1.165, 1.54) is 11.3 Å². The first kappa shape index (κ1) is 18.7. The molecule has 0 spiro atoms. The van der Waals surface area contributed by atoms with E-state index in [1.807, 2.05) is 11.4 Å². The molecule has 8 heteroatoms. The van der Waals surface area contributed by atoms with E-state index in [-0.39, 0.29) is 0 Å². The minimum absolute atomic E-state index is 0.308. The van der Waals surface area contributed by atoms with Crippen LogP contribution < -0.4 is 5.32 Å². The fourth-order valence-corrected chi connectivity index (χ4v) is 4.12. The van der Waals surface area contributed by atoms with Crippen LogP contribution in [0.25, 0.3) is 0 Å². The van der Waals surface area contributed by atoms with Gasteiger partial charge in [0.1, 0.15) is 11.8 Å². The van der Waals surface area contributed by atoms with Crippen molar-refractivity contribution in [1.29, 1.82) is 5.26 Å². The van der Waals surface area contributed by atoms with Crippen LogP contribution in [0, 0.1) is 11.3 Å². The van der Waals surface area contributed by atoms with Crippen molar-refractivity contribution in [2.75, 3.05) is 5.32 Å². The number of oxime groups is 1. The van der Waals surface area contributed by atoms with Gasteiger partial charge in [0, 0.05) is 15.7 Å². The molecule has 130 valence electrons. The smallest absolute Gasteiger partial charge is 0.130 e. The zero-order valence-corrected chi connectivity index (χ0v) is 16.9. The molecule has 0 aliphatic rings. The molecule has 0 radical (unpaired) electrons. The van der Waals surface area contributed by atoms with Gasteiger partial charge in [0.05, 0.1) is 26.2 Å². The minimum Gasteiger partial charge on any atom is -0.410 e. The standard InChI is InChI=1S/C18H10BrCl2N3OS/c19-11-1-4-16(10(7-11)9-22)23-12-2-3-13(15(21)8-12)17(24-25)18-14(20)5-6-26-18/h1-8,23,25H. The van der Waals surface area contributed by atoms with E-state index < -0.39 is 0 Å². The van der Waals surface area contributed by atoms with Crippen LogP contribution in [0.4, 0.5) is 11.4 Å². The highest BCUT2D eigenvalue weighted by Crippen LogP contribution is 2.31. The van der Waals surface area contributed by atoms with Crippen LogP contribution >= 0.6 is 50.5 Å². The van der Waals surface area contributed by atoms with Crippen molar-refractivity contribution in [3.63, 3.8) is 0 Å². The number of anilines is 2. The third-order valence-electron chi connectivity index (χ3n) is 3.54. The minimum atomic E-state index is 0.308. The first-order chi connectivity index (χ1) is 12.5. The Balaban J connectivity index is 1.94. The average molecular weight is 467 g/mol. The van der Waals surface area contributed by atoms with Gasteiger partial charge in [-0.3, -0.25) is 0 Å². The van der Waals surface area contributed by atoms with E-state index in [2.05, 4.69) is 32.5 Å². The summed E-state index contributed by atoms with van der Waals surface area (Å²) in [5.41, 5.74) is 2.73. The maximum Gasteiger partial charge on any atom is 0.130 e. The Morgan fingerprint density at radius 2 is 1.96 bits per heavy atom. The highest BCUT2D eigenvalue weighted by atomic mass is 79.9. The molecule has 4 nitrogen and oxygen atoms in total. The Morgan fingerprint density at radius 1 is 1.15 bits per heavy atom. The van der Waals surface area contributed by atoms with Gasteiger partial charge in [-0.25, -0.2) is 0 Å². The summed E-state index contributed by atoms with van der Waals surface area (Å²) < 4.78 is 0.824. The molecule has 1 aromatic heterocycles. The number of benzene rings is 2. The number of rotatable bonds is 4. The maximum atomic E-state index is 9.42. The van der Waals surface area contributed by atoms with Crippen molar-refractivity contribution < 1.29 is 5.21 Å². The van der Waals surface area contributed by atoms with E-state index in [4.69, 9.17) is 23.2 Å². The Morgan fingerprint density at radius 3 is 2.58 bits per heavy atom. The van der Waals surface area contributed by atoms with E-state index in [0.717, 1.165) is 4.47 Å². The zero-order valence-electron chi connectivity index (χ0n) is 13.0. The third-order valence-corrected chi connectivity index (χ3v) is 5.69. The van der Waals surface area contributed by atoms with Crippen molar-refractivity contribution in [3.8, 4) is 6.07 Å². The fraction of sp³-hybridized carbons (Fsp3) is 0. The van der Waals surface area contributed by atoms with Crippen LogP contribution in [-0.4, -0.2) is 10.9 Å². The van der Waals surface area contributed by atoms with Gasteiger partial charge in [-0.15, -0.1) is 11.3 Å². The van der Waals surface area contributed by atoms with Gasteiger partial charge in [0.25, 0.3) is 0 Å². The summed E-state index contributed by atoms with van der Waals surface area (Å²) in [6, 6.07) is 14.5. The topological polar surface area (TPSA) is 68.4 Å². The van der Waals surface area contributed by atoms with Crippen LogP contribution in [0.3, 0.4) is 0 Å². The Hall–Kier alpha value is -2.04. The molecule has 0 unspecified atom stereocenters. The van der Waals surface area contributed by atoms with Crippen molar-refractivity contribution in [2.24, 2.45) is 5.16 Å². The SMILES string of the molecule is N#Cc1cc(Br)ccc1Nc1ccc(C(=NO)c2sccc2Cl)c(Cl)c1. The molecule has 0 saturated heterocycles. The van der Waals surface area contributed by atoms with Gasteiger partial charge in [-0.1, -0.05) is 44.3 Å². The van der Waals surface area contributed by atoms with Crippen LogP contribution in [0.15, 0.2) is 57.5 Å². The highest BCUT2D eigenvalue weighted by molar-refractivity contribution is 9.10. The lowest BCUT2D eigenvalue weighted by Crippen LogP contribution is -2.03. The van der Waals surface area contributed by atoms with Gasteiger partial charge < -0.3 is 10.5 Å². The number of hydrogen-bond acceptors (Lipinski definition) is 5. The van der Waals surface area contributed by atoms with Crippen molar-refractivity contribution in [1.82, 2.24) is 0 Å². The lowest BCUT2D eigenvalue weighted by atomic mass is 10.1. The van der Waals surface area contributed by atoms with Gasteiger partial charge in [-0.2, -0.15) is 5.26 Å². The van der Waals surface area contributed by atoms with Crippen LogP contribution in [0.1, 0.15) is 16.0 Å². The second-order valence-electron chi connectivity index (χ2n) is 5.17. The van der Waals surface area contributed by atoms with Crippen LogP contribution in [0.2, 0.25) is 10.0 Å². The maximum absolute atomic E-state index is 9.42. The molecule has 26 heavy (non-hydrogen) atoms. The van der Waals surface area contributed by atoms with Crippen molar-refractivity contribution in [3.05, 3.63) is 78.4 Å². The Labute approximate surface area is 172 Å². The Bertz CT molecular complexity index is 1040. The van der Waals surface area contributed by atoms with E-state index in [1.54, 1.807) is 36.4 Å². The summed E-state index contributed by atoms with van der Waals surface area (Å²) in [5, 5.41) is 27.9. The van der Waals surface area contributed by atoms with E-state index >= 15 is 0 Å². The van der Waals surface area contributed by atoms with Crippen LogP contribution in [-0.2, 0) is 0 Å². The lowest BCUT2D eigenvalue weighted by Gasteiger charge is -2.11. The molecule has 2 aromatic carbocycles. The molecule has 0 bridgehead atoms. The summed E-state index contributed by atoms with van der Waals surface area (Å²) >= 11 is 17.2. The molecular formula is C18H10BrCl2N3OS. The molecule has 1 heterocycles. The summed E-state index contributed by atoms with van der Waals surface area (Å²) in [6.45, 7) is 0. The molecular weight excluding hydrogens is 457 g/mol. The molecule has 3 rings (SSSR count). The van der Waals surface area contributed by atoms with Gasteiger partial charge in [0.15, 0.2) is 0 Å². The number of thiophene rings is 1. The first-order valence-corrected chi connectivity index (χ1v) is 9.68. The largest absolute Gasteiger partial charge is 0.410 e. The normalized spacial score (nSPS) is 11.2. The lowest BCUT2D eigenvalue weighted by molar-refractivity contribution is 0.320. The summed E-state index contributed by atoms with van der Waals surface area (Å²) in [6.07, 6.45) is 0. The first-order valence-electron chi connectivity index (χ1n) is 7.25. The fourth-order valence-electron chi connectivity index (χ4n) is 2.34. The summed E-state index contributed by atoms with van der Waals surface area (Å²) in [5.74, 6) is 0. The van der Waals surface area contributed by atoms with Crippen molar-refractivity contribution >= 4 is 67.6 Å². The highest BCUT2D eigenvalue weighted by Gasteiger charge is 2.17. The molecule has 0 fully saturated rings. The van der Waals surface area contributed by atoms with Gasteiger partial charge >= 0.3 is 0 Å². The zero-order chi connectivity index (χ0) is 18.7. The molecule has 2 N–H and O–H groups in total. The number of nitriles is 1. The second kappa shape index (κ2) is 8.11. The number of nitrogens with one attached hydrogen (secondary N) is 1. The molecule has 0 amide bonds. The Kier molecular flexibility index (Phi) is 5.84. The second-order valence-corrected chi connectivity index (χ2v) is 7.81. The summed E-state index contributed by atoms with van der Waals surface area (Å²) in [7, 11) is 0. The predicted octanol–water partition coefficient (Wildman–Crippen LogP) is 6.66. The molecule has 3 aromatic rings. The molecule has 0 aliphatic heterocycles. The third kappa shape index (κ3) is 3.87. The van der Waals surface area contributed by atoms with Crippen LogP contribution in [0.5, 0.6) is 0 Å². The van der Waals surface area contributed by atoms with Crippen molar-refractivity contribution in [2.45, 2.75) is 0 Å². The number of nitrogens with zero attached hydrogens (tertiary/aromatic N) is 2. The quantitative estimate of drug-likeness (QED) is 0.256.